The van der Waals surface area contributed by atoms with Crippen LogP contribution >= 0.6 is 0 Å². The van der Waals surface area contributed by atoms with Crippen molar-refractivity contribution in [1.82, 2.24) is 5.32 Å². The van der Waals surface area contributed by atoms with Crippen molar-refractivity contribution >= 4 is 5.91 Å². The standard InChI is InChI=1S/C23H45NO2/c1-22(2)23(25)24-20-18-16-14-12-10-8-6-4-5-7-9-11-13-15-17-19-21-26-3/h1,4-21H2,2-3H3,(H,24,25). The van der Waals surface area contributed by atoms with Gasteiger partial charge in [-0.05, 0) is 19.8 Å². The van der Waals surface area contributed by atoms with Gasteiger partial charge in [-0.2, -0.15) is 0 Å². The van der Waals surface area contributed by atoms with Crippen LogP contribution in [0.1, 0.15) is 110 Å². The van der Waals surface area contributed by atoms with Crippen molar-refractivity contribution in [3.63, 3.8) is 0 Å². The molecule has 0 aliphatic heterocycles. The molecule has 0 saturated carbocycles. The number of hydrogen-bond acceptors (Lipinski definition) is 2. The minimum Gasteiger partial charge on any atom is -0.385 e. The molecule has 0 heterocycles. The van der Waals surface area contributed by atoms with Gasteiger partial charge < -0.3 is 10.1 Å². The van der Waals surface area contributed by atoms with E-state index in [0.29, 0.717) is 5.57 Å². The summed E-state index contributed by atoms with van der Waals surface area (Å²) < 4.78 is 5.07. The molecule has 3 nitrogen and oxygen atoms in total. The van der Waals surface area contributed by atoms with E-state index in [0.717, 1.165) is 19.6 Å². The van der Waals surface area contributed by atoms with Crippen LogP contribution in [0, 0.1) is 0 Å². The van der Waals surface area contributed by atoms with Crippen LogP contribution in [0.2, 0.25) is 0 Å². The maximum atomic E-state index is 11.3. The summed E-state index contributed by atoms with van der Waals surface area (Å²) in [4.78, 5) is 11.3. The highest BCUT2D eigenvalue weighted by Gasteiger charge is 1.99. The molecule has 3 heteroatoms. The lowest BCUT2D eigenvalue weighted by atomic mass is 10.0. The molecule has 26 heavy (non-hydrogen) atoms. The van der Waals surface area contributed by atoms with Crippen LogP contribution in [0.25, 0.3) is 0 Å². The third kappa shape index (κ3) is 19.5. The molecule has 0 radical (unpaired) electrons. The van der Waals surface area contributed by atoms with Gasteiger partial charge in [0, 0.05) is 25.8 Å². The fourth-order valence-electron chi connectivity index (χ4n) is 3.20. The molecule has 0 aromatic rings. The van der Waals surface area contributed by atoms with Crippen LogP contribution in [0.4, 0.5) is 0 Å². The number of unbranched alkanes of at least 4 members (excludes halogenated alkanes) is 15. The summed E-state index contributed by atoms with van der Waals surface area (Å²) in [6.45, 7) is 7.11. The summed E-state index contributed by atoms with van der Waals surface area (Å²) in [6.07, 6.45) is 21.6. The van der Waals surface area contributed by atoms with Gasteiger partial charge in [0.05, 0.1) is 0 Å². The zero-order valence-corrected chi connectivity index (χ0v) is 17.8. The number of ether oxygens (including phenoxy) is 1. The Morgan fingerprint density at radius 3 is 1.38 bits per heavy atom. The smallest absolute Gasteiger partial charge is 0.246 e. The predicted molar refractivity (Wildman–Crippen MR) is 114 cm³/mol. The number of amides is 1. The Labute approximate surface area is 163 Å². The Hall–Kier alpha value is -0.830. The predicted octanol–water partition coefficient (Wildman–Crippen LogP) is 6.57. The average molecular weight is 368 g/mol. The molecule has 0 bridgehead atoms. The van der Waals surface area contributed by atoms with Crippen molar-refractivity contribution in [3.05, 3.63) is 12.2 Å². The molecule has 0 spiro atoms. The van der Waals surface area contributed by atoms with Crippen molar-refractivity contribution in [2.75, 3.05) is 20.3 Å². The van der Waals surface area contributed by atoms with Crippen molar-refractivity contribution < 1.29 is 9.53 Å². The summed E-state index contributed by atoms with van der Waals surface area (Å²) >= 11 is 0. The van der Waals surface area contributed by atoms with E-state index < -0.39 is 0 Å². The molecule has 154 valence electrons. The Kier molecular flexibility index (Phi) is 19.8. The van der Waals surface area contributed by atoms with E-state index in [4.69, 9.17) is 4.74 Å². The summed E-state index contributed by atoms with van der Waals surface area (Å²) in [5, 5.41) is 2.89. The molecule has 0 aromatic carbocycles. The van der Waals surface area contributed by atoms with E-state index in [1.54, 1.807) is 14.0 Å². The fourth-order valence-corrected chi connectivity index (χ4v) is 3.20. The maximum Gasteiger partial charge on any atom is 0.246 e. The first-order chi connectivity index (χ1) is 12.7. The van der Waals surface area contributed by atoms with Gasteiger partial charge in [-0.25, -0.2) is 0 Å². The summed E-state index contributed by atoms with van der Waals surface area (Å²) in [5.74, 6) is -0.00734. The van der Waals surface area contributed by atoms with E-state index in [9.17, 15) is 4.79 Å². The largest absolute Gasteiger partial charge is 0.385 e. The van der Waals surface area contributed by atoms with Crippen LogP contribution in [0.15, 0.2) is 12.2 Å². The second kappa shape index (κ2) is 20.5. The average Bonchev–Trinajstić information content (AvgIpc) is 2.63. The van der Waals surface area contributed by atoms with E-state index in [-0.39, 0.29) is 5.91 Å². The Morgan fingerprint density at radius 1 is 0.692 bits per heavy atom. The first-order valence-electron chi connectivity index (χ1n) is 11.1. The molecule has 0 saturated heterocycles. The van der Waals surface area contributed by atoms with Crippen molar-refractivity contribution in [2.45, 2.75) is 110 Å². The molecule has 0 aromatic heterocycles. The number of carbonyl (C=O) groups is 1. The maximum absolute atomic E-state index is 11.3. The molecule has 0 rings (SSSR count). The third-order valence-electron chi connectivity index (χ3n) is 4.95. The van der Waals surface area contributed by atoms with E-state index in [2.05, 4.69) is 11.9 Å². The SMILES string of the molecule is C=C(C)C(=O)NCCCCCCCCCCCCCCCCCCOC. The molecule has 1 amide bonds. The lowest BCUT2D eigenvalue weighted by Crippen LogP contribution is -2.24. The van der Waals surface area contributed by atoms with Crippen LogP contribution < -0.4 is 5.32 Å². The minimum atomic E-state index is -0.00734. The molecule has 0 aliphatic carbocycles. The number of rotatable bonds is 20. The molecular formula is C23H45NO2. The van der Waals surface area contributed by atoms with Crippen molar-refractivity contribution in [2.24, 2.45) is 0 Å². The van der Waals surface area contributed by atoms with Crippen LogP contribution in [0.5, 0.6) is 0 Å². The Morgan fingerprint density at radius 2 is 1.04 bits per heavy atom. The fraction of sp³-hybridized carbons (Fsp3) is 0.870. The van der Waals surface area contributed by atoms with Gasteiger partial charge in [0.15, 0.2) is 0 Å². The molecule has 0 unspecified atom stereocenters. The molecule has 0 atom stereocenters. The number of carbonyl (C=O) groups excluding carboxylic acids is 1. The Bertz CT molecular complexity index is 328. The van der Waals surface area contributed by atoms with Crippen LogP contribution in [-0.2, 0) is 9.53 Å². The lowest BCUT2D eigenvalue weighted by molar-refractivity contribution is -0.117. The van der Waals surface area contributed by atoms with Gasteiger partial charge in [0.25, 0.3) is 0 Å². The van der Waals surface area contributed by atoms with Crippen LogP contribution in [-0.4, -0.2) is 26.2 Å². The monoisotopic (exact) mass is 367 g/mol. The summed E-state index contributed by atoms with van der Waals surface area (Å²) in [6, 6.07) is 0. The molecule has 0 aliphatic rings. The van der Waals surface area contributed by atoms with Crippen LogP contribution in [0.3, 0.4) is 0 Å². The third-order valence-corrected chi connectivity index (χ3v) is 4.95. The minimum absolute atomic E-state index is 0.00734. The first-order valence-corrected chi connectivity index (χ1v) is 11.1. The van der Waals surface area contributed by atoms with E-state index in [1.807, 2.05) is 0 Å². The Balaban J connectivity index is 3.05. The highest BCUT2D eigenvalue weighted by molar-refractivity contribution is 5.91. The number of nitrogens with one attached hydrogen (secondary N) is 1. The van der Waals surface area contributed by atoms with Gasteiger partial charge in [-0.15, -0.1) is 0 Å². The normalized spacial score (nSPS) is 10.8. The van der Waals surface area contributed by atoms with Gasteiger partial charge in [-0.1, -0.05) is 96.5 Å². The van der Waals surface area contributed by atoms with Gasteiger partial charge in [0.1, 0.15) is 0 Å². The topological polar surface area (TPSA) is 38.3 Å². The molecule has 1 N–H and O–H groups in total. The summed E-state index contributed by atoms with van der Waals surface area (Å²) in [7, 11) is 1.79. The lowest BCUT2D eigenvalue weighted by Gasteiger charge is -2.05. The highest BCUT2D eigenvalue weighted by Crippen LogP contribution is 2.13. The van der Waals surface area contributed by atoms with E-state index >= 15 is 0 Å². The van der Waals surface area contributed by atoms with Crippen molar-refractivity contribution in [1.29, 1.82) is 0 Å². The molecular weight excluding hydrogens is 322 g/mol. The zero-order valence-electron chi connectivity index (χ0n) is 17.8. The van der Waals surface area contributed by atoms with E-state index in [1.165, 1.54) is 96.3 Å². The second-order valence-electron chi connectivity index (χ2n) is 7.69. The zero-order chi connectivity index (χ0) is 19.3. The number of hydrogen-bond donors (Lipinski definition) is 1. The quantitative estimate of drug-likeness (QED) is 0.195. The van der Waals surface area contributed by atoms with Gasteiger partial charge >= 0.3 is 0 Å². The van der Waals surface area contributed by atoms with Crippen molar-refractivity contribution in [3.8, 4) is 0 Å². The molecule has 0 fully saturated rings. The first kappa shape index (κ1) is 25.2. The van der Waals surface area contributed by atoms with Gasteiger partial charge in [-0.3, -0.25) is 4.79 Å². The highest BCUT2D eigenvalue weighted by atomic mass is 16.5. The number of methoxy groups -OCH3 is 1. The second-order valence-corrected chi connectivity index (χ2v) is 7.69. The van der Waals surface area contributed by atoms with Gasteiger partial charge in [0.2, 0.25) is 5.91 Å². The summed E-state index contributed by atoms with van der Waals surface area (Å²) in [5.41, 5.74) is 0.600.